The molecular weight excluding hydrogens is 226 g/mol. The molecule has 0 aromatic carbocycles. The third-order valence-electron chi connectivity index (χ3n) is 3.96. The zero-order valence-electron chi connectivity index (χ0n) is 12.0. The van der Waals surface area contributed by atoms with E-state index in [0.29, 0.717) is 5.92 Å². The third kappa shape index (κ3) is 4.60. The lowest BCUT2D eigenvalue weighted by atomic mass is 9.77. The predicted octanol–water partition coefficient (Wildman–Crippen LogP) is 2.87. The van der Waals surface area contributed by atoms with Crippen molar-refractivity contribution >= 4 is 5.91 Å². The van der Waals surface area contributed by atoms with Crippen molar-refractivity contribution < 1.29 is 9.90 Å². The molecule has 0 aliphatic heterocycles. The molecular formula is C15H29NO2. The van der Waals surface area contributed by atoms with Gasteiger partial charge in [-0.15, -0.1) is 0 Å². The summed E-state index contributed by atoms with van der Waals surface area (Å²) in [6, 6.07) is 0. The van der Waals surface area contributed by atoms with Crippen LogP contribution in [0.25, 0.3) is 0 Å². The van der Waals surface area contributed by atoms with Crippen molar-refractivity contribution in [2.75, 3.05) is 13.2 Å². The summed E-state index contributed by atoms with van der Waals surface area (Å²) in [5.41, 5.74) is -0.0782. The summed E-state index contributed by atoms with van der Waals surface area (Å²) in [7, 11) is 0. The number of carbonyl (C=O) groups is 1. The first-order valence-electron chi connectivity index (χ1n) is 7.50. The fourth-order valence-corrected chi connectivity index (χ4v) is 3.16. The second-order valence-corrected chi connectivity index (χ2v) is 6.13. The maximum Gasteiger partial charge on any atom is 0.226 e. The molecule has 106 valence electrons. The molecule has 2 N–H and O–H groups in total. The van der Waals surface area contributed by atoms with Crippen LogP contribution in [0.2, 0.25) is 0 Å². The standard InChI is InChI=1S/C15H29NO2/c1-13(2)12-15(8-4-5-9-15)14(18)16-10-6-3-7-11-17/h13,17H,3-12H2,1-2H3,(H,16,18). The third-order valence-corrected chi connectivity index (χ3v) is 3.96. The van der Waals surface area contributed by atoms with Crippen molar-refractivity contribution in [3.8, 4) is 0 Å². The van der Waals surface area contributed by atoms with Crippen LogP contribution in [-0.2, 0) is 4.79 Å². The van der Waals surface area contributed by atoms with E-state index in [2.05, 4.69) is 19.2 Å². The summed E-state index contributed by atoms with van der Waals surface area (Å²) in [4.78, 5) is 12.4. The Labute approximate surface area is 111 Å². The van der Waals surface area contributed by atoms with E-state index in [1.54, 1.807) is 0 Å². The van der Waals surface area contributed by atoms with Crippen molar-refractivity contribution in [2.45, 2.75) is 65.2 Å². The molecule has 0 spiro atoms. The zero-order valence-corrected chi connectivity index (χ0v) is 12.0. The molecule has 3 heteroatoms. The van der Waals surface area contributed by atoms with Crippen LogP contribution in [0.5, 0.6) is 0 Å². The highest BCUT2D eigenvalue weighted by molar-refractivity contribution is 5.82. The first-order chi connectivity index (χ1) is 8.60. The monoisotopic (exact) mass is 255 g/mol. The molecule has 0 unspecified atom stereocenters. The van der Waals surface area contributed by atoms with E-state index < -0.39 is 0 Å². The van der Waals surface area contributed by atoms with Gasteiger partial charge in [-0.05, 0) is 44.4 Å². The van der Waals surface area contributed by atoms with Crippen LogP contribution >= 0.6 is 0 Å². The lowest BCUT2D eigenvalue weighted by Crippen LogP contribution is -2.40. The van der Waals surface area contributed by atoms with Gasteiger partial charge in [0.05, 0.1) is 0 Å². The minimum atomic E-state index is -0.0782. The van der Waals surface area contributed by atoms with Gasteiger partial charge in [0.2, 0.25) is 5.91 Å². The smallest absolute Gasteiger partial charge is 0.226 e. The number of unbranched alkanes of at least 4 members (excludes halogenated alkanes) is 2. The van der Waals surface area contributed by atoms with E-state index in [1.165, 1.54) is 12.8 Å². The van der Waals surface area contributed by atoms with E-state index in [4.69, 9.17) is 5.11 Å². The van der Waals surface area contributed by atoms with Crippen LogP contribution in [0, 0.1) is 11.3 Å². The van der Waals surface area contributed by atoms with Crippen molar-refractivity contribution in [3.05, 3.63) is 0 Å². The van der Waals surface area contributed by atoms with Crippen LogP contribution in [0.1, 0.15) is 65.2 Å². The summed E-state index contributed by atoms with van der Waals surface area (Å²) in [6.45, 7) is 5.42. The van der Waals surface area contributed by atoms with Gasteiger partial charge in [-0.2, -0.15) is 0 Å². The molecule has 1 amide bonds. The minimum absolute atomic E-state index is 0.0782. The van der Waals surface area contributed by atoms with Gasteiger partial charge in [0, 0.05) is 18.6 Å². The van der Waals surface area contributed by atoms with E-state index in [0.717, 1.165) is 45.1 Å². The van der Waals surface area contributed by atoms with Crippen molar-refractivity contribution in [2.24, 2.45) is 11.3 Å². The molecule has 0 aromatic heterocycles. The van der Waals surface area contributed by atoms with E-state index >= 15 is 0 Å². The Morgan fingerprint density at radius 2 is 1.89 bits per heavy atom. The summed E-state index contributed by atoms with van der Waals surface area (Å²) < 4.78 is 0. The average Bonchev–Trinajstić information content (AvgIpc) is 2.77. The first-order valence-corrected chi connectivity index (χ1v) is 7.50. The Balaban J connectivity index is 2.36. The van der Waals surface area contributed by atoms with Gasteiger partial charge < -0.3 is 10.4 Å². The molecule has 1 rings (SSSR count). The fraction of sp³-hybridized carbons (Fsp3) is 0.933. The quantitative estimate of drug-likeness (QED) is 0.655. The topological polar surface area (TPSA) is 49.3 Å². The normalized spacial score (nSPS) is 18.2. The van der Waals surface area contributed by atoms with Gasteiger partial charge in [0.25, 0.3) is 0 Å². The van der Waals surface area contributed by atoms with Crippen LogP contribution in [0.4, 0.5) is 0 Å². The Morgan fingerprint density at radius 3 is 2.44 bits per heavy atom. The molecule has 0 saturated heterocycles. The van der Waals surface area contributed by atoms with Gasteiger partial charge in [0.15, 0.2) is 0 Å². The summed E-state index contributed by atoms with van der Waals surface area (Å²) in [5.74, 6) is 0.862. The summed E-state index contributed by atoms with van der Waals surface area (Å²) in [6.07, 6.45) is 8.36. The molecule has 1 fully saturated rings. The van der Waals surface area contributed by atoms with Crippen molar-refractivity contribution in [1.82, 2.24) is 5.32 Å². The Morgan fingerprint density at radius 1 is 1.22 bits per heavy atom. The lowest BCUT2D eigenvalue weighted by Gasteiger charge is -2.29. The molecule has 1 saturated carbocycles. The second-order valence-electron chi connectivity index (χ2n) is 6.13. The highest BCUT2D eigenvalue weighted by atomic mass is 16.2. The molecule has 0 heterocycles. The second kappa shape index (κ2) is 7.78. The number of carbonyl (C=O) groups excluding carboxylic acids is 1. The average molecular weight is 255 g/mol. The molecule has 0 atom stereocenters. The van der Waals surface area contributed by atoms with Gasteiger partial charge in [-0.25, -0.2) is 0 Å². The minimum Gasteiger partial charge on any atom is -0.396 e. The number of rotatable bonds is 8. The number of aliphatic hydroxyl groups is 1. The summed E-state index contributed by atoms with van der Waals surface area (Å²) in [5, 5.41) is 11.8. The van der Waals surface area contributed by atoms with Crippen molar-refractivity contribution in [1.29, 1.82) is 0 Å². The Hall–Kier alpha value is -0.570. The molecule has 18 heavy (non-hydrogen) atoms. The maximum absolute atomic E-state index is 12.4. The number of hydrogen-bond acceptors (Lipinski definition) is 2. The van der Waals surface area contributed by atoms with Gasteiger partial charge >= 0.3 is 0 Å². The Kier molecular flexibility index (Phi) is 6.69. The van der Waals surface area contributed by atoms with Crippen LogP contribution in [0.15, 0.2) is 0 Å². The maximum atomic E-state index is 12.4. The van der Waals surface area contributed by atoms with Crippen LogP contribution in [0.3, 0.4) is 0 Å². The first kappa shape index (κ1) is 15.5. The van der Waals surface area contributed by atoms with Crippen LogP contribution in [-0.4, -0.2) is 24.2 Å². The SMILES string of the molecule is CC(C)CC1(C(=O)NCCCCCO)CCCC1. The molecule has 3 nitrogen and oxygen atoms in total. The van der Waals surface area contributed by atoms with E-state index in [9.17, 15) is 4.79 Å². The fourth-order valence-electron chi connectivity index (χ4n) is 3.16. The highest BCUT2D eigenvalue weighted by Gasteiger charge is 2.40. The van der Waals surface area contributed by atoms with E-state index in [-0.39, 0.29) is 17.9 Å². The zero-order chi connectivity index (χ0) is 13.4. The predicted molar refractivity (Wildman–Crippen MR) is 74.3 cm³/mol. The van der Waals surface area contributed by atoms with Gasteiger partial charge in [-0.3, -0.25) is 4.79 Å². The number of hydrogen-bond donors (Lipinski definition) is 2. The van der Waals surface area contributed by atoms with E-state index in [1.807, 2.05) is 0 Å². The molecule has 1 aliphatic rings. The number of aliphatic hydroxyl groups excluding tert-OH is 1. The number of amides is 1. The largest absolute Gasteiger partial charge is 0.396 e. The lowest BCUT2D eigenvalue weighted by molar-refractivity contribution is -0.131. The molecule has 0 bridgehead atoms. The molecule has 0 aromatic rings. The summed E-state index contributed by atoms with van der Waals surface area (Å²) >= 11 is 0. The van der Waals surface area contributed by atoms with Crippen molar-refractivity contribution in [3.63, 3.8) is 0 Å². The number of nitrogens with one attached hydrogen (secondary N) is 1. The molecule has 1 aliphatic carbocycles. The van der Waals surface area contributed by atoms with Gasteiger partial charge in [0.1, 0.15) is 0 Å². The van der Waals surface area contributed by atoms with Gasteiger partial charge in [-0.1, -0.05) is 26.7 Å². The highest BCUT2D eigenvalue weighted by Crippen LogP contribution is 2.43. The van der Waals surface area contributed by atoms with Crippen LogP contribution < -0.4 is 5.32 Å². The Bertz CT molecular complexity index is 245. The molecule has 0 radical (unpaired) electrons.